The first-order chi connectivity index (χ1) is 8.79. The van der Waals surface area contributed by atoms with Crippen molar-refractivity contribution in [1.82, 2.24) is 4.90 Å². The van der Waals surface area contributed by atoms with Gasteiger partial charge in [0.25, 0.3) is 0 Å². The van der Waals surface area contributed by atoms with Crippen molar-refractivity contribution in [2.24, 2.45) is 11.8 Å². The lowest BCUT2D eigenvalue weighted by atomic mass is 9.86. The van der Waals surface area contributed by atoms with Crippen molar-refractivity contribution in [3.63, 3.8) is 0 Å². The summed E-state index contributed by atoms with van der Waals surface area (Å²) in [6.07, 6.45) is 3.08. The number of hydrogen-bond acceptors (Lipinski definition) is 3. The highest BCUT2D eigenvalue weighted by atomic mass is 16.6. The van der Waals surface area contributed by atoms with Crippen molar-refractivity contribution in [2.75, 3.05) is 6.54 Å². The minimum Gasteiger partial charge on any atom is -0.481 e. The first-order valence-electron chi connectivity index (χ1n) is 7.02. The second kappa shape index (κ2) is 5.02. The number of carboxylic acids is 1. The SMILES string of the molecule is CC(C)(C)OC(=O)N1CCCC(C(=O)O)C1C1CC1. The largest absolute Gasteiger partial charge is 0.481 e. The van der Waals surface area contributed by atoms with Crippen LogP contribution in [0.25, 0.3) is 0 Å². The molecule has 2 atom stereocenters. The molecule has 19 heavy (non-hydrogen) atoms. The maximum atomic E-state index is 12.2. The molecular formula is C14H23NO4. The van der Waals surface area contributed by atoms with Gasteiger partial charge in [-0.15, -0.1) is 0 Å². The molecule has 2 rings (SSSR count). The summed E-state index contributed by atoms with van der Waals surface area (Å²) in [4.78, 5) is 25.3. The summed E-state index contributed by atoms with van der Waals surface area (Å²) in [6.45, 7) is 6.10. The van der Waals surface area contributed by atoms with Crippen LogP contribution in [0.5, 0.6) is 0 Å². The van der Waals surface area contributed by atoms with E-state index in [0.717, 1.165) is 19.3 Å². The van der Waals surface area contributed by atoms with Gasteiger partial charge in [0.2, 0.25) is 0 Å². The Balaban J connectivity index is 2.12. The Morgan fingerprint density at radius 2 is 1.84 bits per heavy atom. The Labute approximate surface area is 113 Å². The average molecular weight is 269 g/mol. The Kier molecular flexibility index (Phi) is 3.74. The number of nitrogens with zero attached hydrogens (tertiary/aromatic N) is 1. The lowest BCUT2D eigenvalue weighted by Crippen LogP contribution is -2.53. The Bertz CT molecular complexity index is 370. The van der Waals surface area contributed by atoms with Crippen LogP contribution in [-0.4, -0.2) is 40.3 Å². The zero-order valence-corrected chi connectivity index (χ0v) is 11.9. The van der Waals surface area contributed by atoms with Crippen LogP contribution >= 0.6 is 0 Å². The van der Waals surface area contributed by atoms with Gasteiger partial charge in [0.1, 0.15) is 5.60 Å². The van der Waals surface area contributed by atoms with Crippen molar-refractivity contribution in [1.29, 1.82) is 0 Å². The molecule has 2 fully saturated rings. The molecule has 1 N–H and O–H groups in total. The number of carbonyl (C=O) groups excluding carboxylic acids is 1. The monoisotopic (exact) mass is 269 g/mol. The van der Waals surface area contributed by atoms with Crippen LogP contribution < -0.4 is 0 Å². The van der Waals surface area contributed by atoms with Gasteiger partial charge in [-0.25, -0.2) is 4.79 Å². The predicted octanol–water partition coefficient (Wildman–Crippen LogP) is 2.50. The van der Waals surface area contributed by atoms with Gasteiger partial charge < -0.3 is 14.7 Å². The lowest BCUT2D eigenvalue weighted by molar-refractivity contribution is -0.146. The summed E-state index contributed by atoms with van der Waals surface area (Å²) in [5.74, 6) is -0.882. The molecule has 1 amide bonds. The fraction of sp³-hybridized carbons (Fsp3) is 0.857. The van der Waals surface area contributed by atoms with Crippen LogP contribution in [0.3, 0.4) is 0 Å². The maximum Gasteiger partial charge on any atom is 0.410 e. The summed E-state index contributed by atoms with van der Waals surface area (Å²) in [6, 6.07) is -0.180. The van der Waals surface area contributed by atoms with Crippen molar-refractivity contribution in [3.8, 4) is 0 Å². The molecule has 0 aromatic rings. The summed E-state index contributed by atoms with van der Waals surface area (Å²) in [7, 11) is 0. The highest BCUT2D eigenvalue weighted by Crippen LogP contribution is 2.42. The predicted molar refractivity (Wildman–Crippen MR) is 69.8 cm³/mol. The Morgan fingerprint density at radius 1 is 1.21 bits per heavy atom. The molecule has 5 heteroatoms. The molecule has 108 valence electrons. The fourth-order valence-electron chi connectivity index (χ4n) is 2.84. The van der Waals surface area contributed by atoms with Crippen LogP contribution in [0.2, 0.25) is 0 Å². The Hall–Kier alpha value is -1.26. The number of aliphatic carboxylic acids is 1. The van der Waals surface area contributed by atoms with Crippen LogP contribution in [0.4, 0.5) is 4.79 Å². The molecule has 1 aliphatic carbocycles. The third kappa shape index (κ3) is 3.39. The number of hydrogen-bond donors (Lipinski definition) is 1. The topological polar surface area (TPSA) is 66.8 Å². The van der Waals surface area contributed by atoms with Crippen LogP contribution in [0, 0.1) is 11.8 Å². The van der Waals surface area contributed by atoms with Crippen molar-refractivity contribution < 1.29 is 19.4 Å². The first-order valence-corrected chi connectivity index (χ1v) is 7.02. The molecule has 1 heterocycles. The van der Waals surface area contributed by atoms with Crippen LogP contribution in [-0.2, 0) is 9.53 Å². The molecule has 0 radical (unpaired) electrons. The van der Waals surface area contributed by atoms with Crippen molar-refractivity contribution in [2.45, 2.75) is 58.1 Å². The van der Waals surface area contributed by atoms with Crippen molar-refractivity contribution in [3.05, 3.63) is 0 Å². The van der Waals surface area contributed by atoms with E-state index in [4.69, 9.17) is 4.74 Å². The zero-order chi connectivity index (χ0) is 14.2. The first kappa shape index (κ1) is 14.2. The van der Waals surface area contributed by atoms with Crippen LogP contribution in [0.15, 0.2) is 0 Å². The van der Waals surface area contributed by atoms with Gasteiger partial charge >= 0.3 is 12.1 Å². The zero-order valence-electron chi connectivity index (χ0n) is 11.9. The fourth-order valence-corrected chi connectivity index (χ4v) is 2.84. The van der Waals surface area contributed by atoms with Gasteiger partial charge in [-0.05, 0) is 52.4 Å². The van der Waals surface area contributed by atoms with Crippen molar-refractivity contribution >= 4 is 12.1 Å². The molecule has 2 unspecified atom stereocenters. The second-order valence-corrected chi connectivity index (χ2v) is 6.59. The maximum absolute atomic E-state index is 12.2. The third-order valence-electron chi connectivity index (χ3n) is 3.74. The quantitative estimate of drug-likeness (QED) is 0.836. The minimum absolute atomic E-state index is 0.180. The van der Waals surface area contributed by atoms with Gasteiger partial charge in [0.15, 0.2) is 0 Å². The number of piperidine rings is 1. The highest BCUT2D eigenvalue weighted by Gasteiger charge is 2.47. The molecule has 0 bridgehead atoms. The lowest BCUT2D eigenvalue weighted by Gasteiger charge is -2.40. The number of rotatable bonds is 2. The van der Waals surface area contributed by atoms with Gasteiger partial charge in [0, 0.05) is 6.54 Å². The molecule has 1 aliphatic heterocycles. The van der Waals surface area contributed by atoms with Gasteiger partial charge in [-0.3, -0.25) is 4.79 Å². The van der Waals surface area contributed by atoms with E-state index < -0.39 is 17.5 Å². The van der Waals surface area contributed by atoms with E-state index in [0.29, 0.717) is 18.9 Å². The Morgan fingerprint density at radius 3 is 2.32 bits per heavy atom. The molecule has 1 saturated heterocycles. The highest BCUT2D eigenvalue weighted by molar-refractivity contribution is 5.74. The van der Waals surface area contributed by atoms with Gasteiger partial charge in [-0.1, -0.05) is 0 Å². The molecule has 0 aromatic heterocycles. The van der Waals surface area contributed by atoms with E-state index in [-0.39, 0.29) is 12.1 Å². The molecular weight excluding hydrogens is 246 g/mol. The molecule has 2 aliphatic rings. The van der Waals surface area contributed by atoms with Gasteiger partial charge in [0.05, 0.1) is 12.0 Å². The van der Waals surface area contributed by atoms with E-state index in [2.05, 4.69) is 0 Å². The molecule has 0 spiro atoms. The van der Waals surface area contributed by atoms with Gasteiger partial charge in [-0.2, -0.15) is 0 Å². The van der Waals surface area contributed by atoms with E-state index in [1.54, 1.807) is 4.90 Å². The minimum atomic E-state index is -0.787. The number of carbonyl (C=O) groups is 2. The van der Waals surface area contributed by atoms with E-state index in [1.807, 2.05) is 20.8 Å². The summed E-state index contributed by atoms with van der Waals surface area (Å²) in [5.41, 5.74) is -0.540. The second-order valence-electron chi connectivity index (χ2n) is 6.59. The summed E-state index contributed by atoms with van der Waals surface area (Å²) < 4.78 is 5.41. The molecule has 1 saturated carbocycles. The number of amides is 1. The average Bonchev–Trinajstić information content (AvgIpc) is 3.09. The van der Waals surface area contributed by atoms with E-state index in [1.165, 1.54) is 0 Å². The number of carboxylic acid groups (broad SMARTS) is 1. The third-order valence-corrected chi connectivity index (χ3v) is 3.74. The van der Waals surface area contributed by atoms with Crippen LogP contribution in [0.1, 0.15) is 46.5 Å². The smallest absolute Gasteiger partial charge is 0.410 e. The summed E-state index contributed by atoms with van der Waals surface area (Å²) >= 11 is 0. The standard InChI is InChI=1S/C14H23NO4/c1-14(2,3)19-13(18)15-8-4-5-10(12(16)17)11(15)9-6-7-9/h9-11H,4-8H2,1-3H3,(H,16,17). The number of ether oxygens (including phenoxy) is 1. The van der Waals surface area contributed by atoms with E-state index >= 15 is 0 Å². The molecule has 5 nitrogen and oxygen atoms in total. The molecule has 0 aromatic carbocycles. The number of likely N-dealkylation sites (tertiary alicyclic amines) is 1. The van der Waals surface area contributed by atoms with E-state index in [9.17, 15) is 14.7 Å². The normalized spacial score (nSPS) is 28.1. The summed E-state index contributed by atoms with van der Waals surface area (Å²) in [5, 5.41) is 9.34.